The fourth-order valence-electron chi connectivity index (χ4n) is 3.08. The van der Waals surface area contributed by atoms with Gasteiger partial charge in [0.25, 0.3) is 0 Å². The molecule has 0 unspecified atom stereocenters. The van der Waals surface area contributed by atoms with Crippen molar-refractivity contribution < 1.29 is 0 Å². The first-order chi connectivity index (χ1) is 13.4. The topological polar surface area (TPSA) is 70.4 Å². The first-order valence-corrected chi connectivity index (χ1v) is 10.9. The van der Waals surface area contributed by atoms with Gasteiger partial charge in [0.2, 0.25) is 0 Å². The predicted octanol–water partition coefficient (Wildman–Crippen LogP) is 3.55. The molecule has 2 N–H and O–H groups in total. The molecule has 2 aromatic heterocycles. The van der Waals surface area contributed by atoms with E-state index in [1.807, 2.05) is 18.5 Å². The summed E-state index contributed by atoms with van der Waals surface area (Å²) in [5.41, 5.74) is 0. The summed E-state index contributed by atoms with van der Waals surface area (Å²) in [7, 11) is 1.97. The lowest BCUT2D eigenvalue weighted by Gasteiger charge is -2.30. The highest BCUT2D eigenvalue weighted by Gasteiger charge is 2.12. The maximum Gasteiger partial charge on any atom is 0.192 e. The normalized spacial score (nSPS) is 12.0. The number of nitrogens with zero attached hydrogens (tertiary/aromatic N) is 5. The fraction of sp³-hybridized carbons (Fsp3) is 0.650. The molecule has 0 radical (unpaired) electrons. The monoisotopic (exact) mass is 533 g/mol. The van der Waals surface area contributed by atoms with E-state index in [2.05, 4.69) is 70.9 Å². The minimum absolute atomic E-state index is 0. The number of guanidine groups is 1. The average Bonchev–Trinajstić information content (AvgIpc) is 3.27. The molecular formula is C20H36IN7S. The van der Waals surface area contributed by atoms with Gasteiger partial charge < -0.3 is 15.2 Å². The molecule has 0 bridgehead atoms. The van der Waals surface area contributed by atoms with Crippen LogP contribution >= 0.6 is 35.3 Å². The maximum atomic E-state index is 4.72. The maximum absolute atomic E-state index is 4.72. The van der Waals surface area contributed by atoms with Crippen molar-refractivity contribution in [3.63, 3.8) is 0 Å². The Balaban J connectivity index is 0.00000420. The van der Waals surface area contributed by atoms with Crippen molar-refractivity contribution in [2.24, 2.45) is 12.0 Å². The predicted molar refractivity (Wildman–Crippen MR) is 133 cm³/mol. The van der Waals surface area contributed by atoms with Gasteiger partial charge in [-0.3, -0.25) is 4.90 Å². The molecule has 164 valence electrons. The summed E-state index contributed by atoms with van der Waals surface area (Å²) in [6.45, 7) is 14.2. The number of aromatic nitrogens is 3. The molecule has 0 fully saturated rings. The molecule has 2 aromatic rings. The van der Waals surface area contributed by atoms with Crippen LogP contribution in [0.15, 0.2) is 22.5 Å². The zero-order valence-electron chi connectivity index (χ0n) is 18.5. The summed E-state index contributed by atoms with van der Waals surface area (Å²) in [4.78, 5) is 8.52. The SMILES string of the molecule is Cc1nnc(CN=C(NCCCN(C(C)C)C(C)C)NCc2cccs2)n1C.I. The highest BCUT2D eigenvalue weighted by atomic mass is 127. The largest absolute Gasteiger partial charge is 0.356 e. The number of aliphatic imine (C=N–C) groups is 1. The van der Waals surface area contributed by atoms with Crippen LogP contribution in [0.3, 0.4) is 0 Å². The van der Waals surface area contributed by atoms with E-state index in [1.54, 1.807) is 11.3 Å². The third-order valence-corrected chi connectivity index (χ3v) is 5.66. The number of halogens is 1. The zero-order chi connectivity index (χ0) is 20.5. The van der Waals surface area contributed by atoms with Gasteiger partial charge in [-0.2, -0.15) is 0 Å². The summed E-state index contributed by atoms with van der Waals surface area (Å²) in [5, 5.41) is 17.3. The van der Waals surface area contributed by atoms with Gasteiger partial charge in [0.05, 0.1) is 6.54 Å². The van der Waals surface area contributed by atoms with Crippen LogP contribution in [0.4, 0.5) is 0 Å². The number of hydrogen-bond acceptors (Lipinski definition) is 5. The van der Waals surface area contributed by atoms with Gasteiger partial charge in [-0.05, 0) is 52.5 Å². The smallest absolute Gasteiger partial charge is 0.192 e. The van der Waals surface area contributed by atoms with Gasteiger partial charge in [0.1, 0.15) is 12.4 Å². The summed E-state index contributed by atoms with van der Waals surface area (Å²) < 4.78 is 1.98. The third-order valence-electron chi connectivity index (χ3n) is 4.78. The van der Waals surface area contributed by atoms with Crippen molar-refractivity contribution in [2.45, 2.75) is 66.2 Å². The second-order valence-corrected chi connectivity index (χ2v) is 8.56. The van der Waals surface area contributed by atoms with E-state index >= 15 is 0 Å². The Morgan fingerprint density at radius 2 is 1.93 bits per heavy atom. The molecule has 7 nitrogen and oxygen atoms in total. The number of aryl methyl sites for hydroxylation is 1. The lowest BCUT2D eigenvalue weighted by molar-refractivity contribution is 0.173. The molecule has 2 rings (SSSR count). The Kier molecular flexibility index (Phi) is 11.7. The summed E-state index contributed by atoms with van der Waals surface area (Å²) in [6, 6.07) is 5.32. The molecule has 0 aromatic carbocycles. The van der Waals surface area contributed by atoms with Crippen molar-refractivity contribution >= 4 is 41.3 Å². The average molecular weight is 534 g/mol. The van der Waals surface area contributed by atoms with Gasteiger partial charge in [0.15, 0.2) is 11.8 Å². The summed E-state index contributed by atoms with van der Waals surface area (Å²) in [5.74, 6) is 2.57. The van der Waals surface area contributed by atoms with Crippen molar-refractivity contribution in [1.82, 2.24) is 30.3 Å². The third kappa shape index (κ3) is 8.59. The van der Waals surface area contributed by atoms with Gasteiger partial charge in [-0.15, -0.1) is 45.5 Å². The molecule has 2 heterocycles. The van der Waals surface area contributed by atoms with E-state index in [0.717, 1.165) is 43.7 Å². The van der Waals surface area contributed by atoms with E-state index in [4.69, 9.17) is 4.99 Å². The van der Waals surface area contributed by atoms with E-state index in [1.165, 1.54) is 4.88 Å². The van der Waals surface area contributed by atoms with Crippen LogP contribution in [0.25, 0.3) is 0 Å². The first-order valence-electron chi connectivity index (χ1n) is 10.0. The number of nitrogens with one attached hydrogen (secondary N) is 2. The van der Waals surface area contributed by atoms with Gasteiger partial charge >= 0.3 is 0 Å². The molecule has 0 saturated carbocycles. The van der Waals surface area contributed by atoms with Crippen LogP contribution in [0.2, 0.25) is 0 Å². The molecule has 0 saturated heterocycles. The van der Waals surface area contributed by atoms with Crippen molar-refractivity contribution in [1.29, 1.82) is 0 Å². The molecule has 29 heavy (non-hydrogen) atoms. The van der Waals surface area contributed by atoms with Crippen molar-refractivity contribution in [2.75, 3.05) is 13.1 Å². The second kappa shape index (κ2) is 13.2. The van der Waals surface area contributed by atoms with Gasteiger partial charge in [-0.25, -0.2) is 4.99 Å². The van der Waals surface area contributed by atoms with E-state index in [-0.39, 0.29) is 24.0 Å². The van der Waals surface area contributed by atoms with Gasteiger partial charge in [-0.1, -0.05) is 6.07 Å². The summed E-state index contributed by atoms with van der Waals surface area (Å²) >= 11 is 1.75. The van der Waals surface area contributed by atoms with E-state index < -0.39 is 0 Å². The Morgan fingerprint density at radius 3 is 2.48 bits per heavy atom. The van der Waals surface area contributed by atoms with Crippen LogP contribution in [0, 0.1) is 6.92 Å². The van der Waals surface area contributed by atoms with Crippen LogP contribution in [0.1, 0.15) is 50.6 Å². The molecule has 0 amide bonds. The lowest BCUT2D eigenvalue weighted by atomic mass is 10.2. The van der Waals surface area contributed by atoms with Crippen molar-refractivity contribution in [3.8, 4) is 0 Å². The molecule has 9 heteroatoms. The van der Waals surface area contributed by atoms with Crippen molar-refractivity contribution in [3.05, 3.63) is 34.0 Å². The quantitative estimate of drug-likeness (QED) is 0.212. The minimum atomic E-state index is 0. The van der Waals surface area contributed by atoms with Crippen LogP contribution in [-0.4, -0.2) is 50.8 Å². The molecule has 0 aliphatic heterocycles. The van der Waals surface area contributed by atoms with E-state index in [0.29, 0.717) is 18.6 Å². The van der Waals surface area contributed by atoms with Crippen LogP contribution < -0.4 is 10.6 Å². The van der Waals surface area contributed by atoms with E-state index in [9.17, 15) is 0 Å². The number of hydrogen-bond donors (Lipinski definition) is 2. The molecule has 0 aliphatic carbocycles. The van der Waals surface area contributed by atoms with Gasteiger partial charge in [0, 0.05) is 37.1 Å². The highest BCUT2D eigenvalue weighted by molar-refractivity contribution is 14.0. The highest BCUT2D eigenvalue weighted by Crippen LogP contribution is 2.08. The van der Waals surface area contributed by atoms with Crippen LogP contribution in [-0.2, 0) is 20.1 Å². The number of thiophene rings is 1. The number of rotatable bonds is 10. The molecule has 0 spiro atoms. The molecular weight excluding hydrogens is 497 g/mol. The Morgan fingerprint density at radius 1 is 1.21 bits per heavy atom. The Labute approximate surface area is 196 Å². The Hall–Kier alpha value is -1.20. The lowest BCUT2D eigenvalue weighted by Crippen LogP contribution is -2.41. The molecule has 0 aliphatic rings. The first kappa shape index (κ1) is 25.8. The minimum Gasteiger partial charge on any atom is -0.356 e. The standard InChI is InChI=1S/C20H35N7S.HI/c1-15(2)27(16(3)4)11-8-10-21-20(22-13-18-9-7-12-28-18)23-14-19-25-24-17(5)26(19)6;/h7,9,12,15-16H,8,10-11,13-14H2,1-6H3,(H2,21,22,23);1H. The zero-order valence-corrected chi connectivity index (χ0v) is 21.6. The van der Waals surface area contributed by atoms with Crippen LogP contribution in [0.5, 0.6) is 0 Å². The summed E-state index contributed by atoms with van der Waals surface area (Å²) in [6.07, 6.45) is 1.07. The fourth-order valence-corrected chi connectivity index (χ4v) is 3.72. The molecule has 0 atom stereocenters. The Bertz CT molecular complexity index is 717. The second-order valence-electron chi connectivity index (χ2n) is 7.53.